The first kappa shape index (κ1) is 13.1. The third-order valence-corrected chi connectivity index (χ3v) is 3.54. The smallest absolute Gasteiger partial charge is 0.233 e. The minimum Gasteiger partial charge on any atom is -0.358 e. The highest BCUT2D eigenvalue weighted by atomic mass is 16.1. The summed E-state index contributed by atoms with van der Waals surface area (Å²) >= 11 is 0. The van der Waals surface area contributed by atoms with Crippen molar-refractivity contribution >= 4 is 5.91 Å². The second-order valence-electron chi connectivity index (χ2n) is 4.58. The predicted molar refractivity (Wildman–Crippen MR) is 72.2 cm³/mol. The summed E-state index contributed by atoms with van der Waals surface area (Å²) in [5, 5.41) is 6.12. The van der Waals surface area contributed by atoms with Crippen molar-refractivity contribution in [3.05, 3.63) is 35.4 Å². The molecule has 4 heteroatoms. The number of rotatable bonds is 4. The van der Waals surface area contributed by atoms with Gasteiger partial charge in [-0.25, -0.2) is 0 Å². The van der Waals surface area contributed by atoms with Crippen LogP contribution in [0, 0.1) is 0 Å². The van der Waals surface area contributed by atoms with Crippen molar-refractivity contribution in [1.29, 1.82) is 0 Å². The molecule has 0 aliphatic carbocycles. The fourth-order valence-electron chi connectivity index (χ4n) is 2.51. The zero-order valence-corrected chi connectivity index (χ0v) is 11.1. The highest BCUT2D eigenvalue weighted by molar-refractivity contribution is 5.77. The van der Waals surface area contributed by atoms with Crippen LogP contribution >= 0.6 is 0 Å². The standard InChI is InChI=1S/C14H21N3O/c1-3-17(10-14(18)15-2)13-9-16-8-11-6-4-5-7-12(11)13/h4-7,13,16H,3,8-10H2,1-2H3,(H,15,18). The van der Waals surface area contributed by atoms with Crippen molar-refractivity contribution in [2.75, 3.05) is 26.7 Å². The van der Waals surface area contributed by atoms with Gasteiger partial charge in [-0.3, -0.25) is 9.69 Å². The summed E-state index contributed by atoms with van der Waals surface area (Å²) in [4.78, 5) is 13.8. The van der Waals surface area contributed by atoms with Crippen molar-refractivity contribution in [1.82, 2.24) is 15.5 Å². The number of hydrogen-bond donors (Lipinski definition) is 2. The van der Waals surface area contributed by atoms with Gasteiger partial charge >= 0.3 is 0 Å². The van der Waals surface area contributed by atoms with Crippen LogP contribution in [0.5, 0.6) is 0 Å². The van der Waals surface area contributed by atoms with E-state index in [1.165, 1.54) is 11.1 Å². The van der Waals surface area contributed by atoms with Gasteiger partial charge in [0.2, 0.25) is 5.91 Å². The first-order chi connectivity index (χ1) is 8.76. The van der Waals surface area contributed by atoms with Gasteiger partial charge in [0, 0.05) is 26.2 Å². The summed E-state index contributed by atoms with van der Waals surface area (Å²) in [7, 11) is 1.68. The van der Waals surface area contributed by atoms with E-state index >= 15 is 0 Å². The molecule has 1 unspecified atom stereocenters. The van der Waals surface area contributed by atoms with E-state index < -0.39 is 0 Å². The molecule has 2 N–H and O–H groups in total. The van der Waals surface area contributed by atoms with Gasteiger partial charge in [-0.15, -0.1) is 0 Å². The molecule has 0 bridgehead atoms. The molecule has 1 aromatic carbocycles. The Morgan fingerprint density at radius 2 is 2.28 bits per heavy atom. The Bertz CT molecular complexity index is 419. The van der Waals surface area contributed by atoms with Gasteiger partial charge in [0.05, 0.1) is 6.54 Å². The van der Waals surface area contributed by atoms with E-state index in [2.05, 4.69) is 46.7 Å². The molecule has 0 fully saturated rings. The summed E-state index contributed by atoms with van der Waals surface area (Å²) in [5.74, 6) is 0.0694. The Hall–Kier alpha value is -1.39. The van der Waals surface area contributed by atoms with E-state index in [0.29, 0.717) is 6.54 Å². The summed E-state index contributed by atoms with van der Waals surface area (Å²) < 4.78 is 0. The van der Waals surface area contributed by atoms with Gasteiger partial charge in [-0.1, -0.05) is 31.2 Å². The van der Waals surface area contributed by atoms with Gasteiger partial charge in [-0.2, -0.15) is 0 Å². The highest BCUT2D eigenvalue weighted by Gasteiger charge is 2.25. The topological polar surface area (TPSA) is 44.4 Å². The second kappa shape index (κ2) is 5.98. The van der Waals surface area contributed by atoms with Crippen LogP contribution in [0.3, 0.4) is 0 Å². The zero-order chi connectivity index (χ0) is 13.0. The fraction of sp³-hybridized carbons (Fsp3) is 0.500. The molecule has 0 aromatic heterocycles. The van der Waals surface area contributed by atoms with Crippen LogP contribution < -0.4 is 10.6 Å². The fourth-order valence-corrected chi connectivity index (χ4v) is 2.51. The van der Waals surface area contributed by atoms with Gasteiger partial charge in [-0.05, 0) is 17.7 Å². The Kier molecular flexibility index (Phi) is 4.33. The number of nitrogens with one attached hydrogen (secondary N) is 2. The number of carbonyl (C=O) groups is 1. The van der Waals surface area contributed by atoms with Crippen molar-refractivity contribution < 1.29 is 4.79 Å². The van der Waals surface area contributed by atoms with E-state index in [0.717, 1.165) is 19.6 Å². The van der Waals surface area contributed by atoms with Crippen LogP contribution in [-0.2, 0) is 11.3 Å². The number of nitrogens with zero attached hydrogens (tertiary/aromatic N) is 1. The van der Waals surface area contributed by atoms with Crippen LogP contribution in [0.1, 0.15) is 24.1 Å². The number of benzene rings is 1. The number of fused-ring (bicyclic) bond motifs is 1. The Morgan fingerprint density at radius 3 is 3.00 bits per heavy atom. The lowest BCUT2D eigenvalue weighted by atomic mass is 9.95. The Labute approximate surface area is 108 Å². The number of hydrogen-bond acceptors (Lipinski definition) is 3. The number of likely N-dealkylation sites (N-methyl/N-ethyl adjacent to an activating group) is 2. The molecule has 1 aliphatic rings. The number of amides is 1. The molecule has 2 rings (SSSR count). The molecule has 4 nitrogen and oxygen atoms in total. The Balaban J connectivity index is 2.19. The summed E-state index contributed by atoms with van der Waals surface area (Å²) in [6.45, 7) is 5.24. The maximum atomic E-state index is 11.6. The second-order valence-corrected chi connectivity index (χ2v) is 4.58. The van der Waals surface area contributed by atoms with E-state index in [1.807, 2.05) is 0 Å². The normalized spacial score (nSPS) is 18.5. The van der Waals surface area contributed by atoms with E-state index in [4.69, 9.17) is 0 Å². The SMILES string of the molecule is CCN(CC(=O)NC)C1CNCc2ccccc21. The molecule has 0 spiro atoms. The van der Waals surface area contributed by atoms with Crippen molar-refractivity contribution in [3.8, 4) is 0 Å². The summed E-state index contributed by atoms with van der Waals surface area (Å²) in [5.41, 5.74) is 2.69. The summed E-state index contributed by atoms with van der Waals surface area (Å²) in [6.07, 6.45) is 0. The molecule has 1 amide bonds. The lowest BCUT2D eigenvalue weighted by Gasteiger charge is -2.35. The average molecular weight is 247 g/mol. The first-order valence-electron chi connectivity index (χ1n) is 6.49. The predicted octanol–water partition coefficient (Wildman–Crippen LogP) is 0.899. The third kappa shape index (κ3) is 2.71. The van der Waals surface area contributed by atoms with E-state index in [-0.39, 0.29) is 11.9 Å². The van der Waals surface area contributed by atoms with Gasteiger partial charge in [0.15, 0.2) is 0 Å². The number of carbonyl (C=O) groups excluding carboxylic acids is 1. The molecule has 0 radical (unpaired) electrons. The molecular weight excluding hydrogens is 226 g/mol. The maximum Gasteiger partial charge on any atom is 0.233 e. The molecule has 98 valence electrons. The summed E-state index contributed by atoms with van der Waals surface area (Å²) in [6, 6.07) is 8.76. The quantitative estimate of drug-likeness (QED) is 0.831. The minimum atomic E-state index is 0.0694. The molecule has 1 aliphatic heterocycles. The van der Waals surface area contributed by atoms with Crippen molar-refractivity contribution in [2.24, 2.45) is 0 Å². The zero-order valence-electron chi connectivity index (χ0n) is 11.1. The van der Waals surface area contributed by atoms with Crippen LogP contribution in [0.15, 0.2) is 24.3 Å². The lowest BCUT2D eigenvalue weighted by Crippen LogP contribution is -2.43. The van der Waals surface area contributed by atoms with Crippen LogP contribution in [0.4, 0.5) is 0 Å². The van der Waals surface area contributed by atoms with Crippen molar-refractivity contribution in [2.45, 2.75) is 19.5 Å². The Morgan fingerprint density at radius 1 is 1.50 bits per heavy atom. The maximum absolute atomic E-state index is 11.6. The van der Waals surface area contributed by atoms with Crippen LogP contribution in [0.25, 0.3) is 0 Å². The van der Waals surface area contributed by atoms with E-state index in [1.54, 1.807) is 7.05 Å². The highest BCUT2D eigenvalue weighted by Crippen LogP contribution is 2.26. The van der Waals surface area contributed by atoms with Gasteiger partial charge < -0.3 is 10.6 Å². The molecule has 0 saturated heterocycles. The first-order valence-corrected chi connectivity index (χ1v) is 6.49. The average Bonchev–Trinajstić information content (AvgIpc) is 2.44. The molecule has 1 atom stereocenters. The molecular formula is C14H21N3O. The largest absolute Gasteiger partial charge is 0.358 e. The monoisotopic (exact) mass is 247 g/mol. The van der Waals surface area contributed by atoms with Crippen LogP contribution in [0.2, 0.25) is 0 Å². The molecule has 1 heterocycles. The molecule has 18 heavy (non-hydrogen) atoms. The minimum absolute atomic E-state index is 0.0694. The third-order valence-electron chi connectivity index (χ3n) is 3.54. The molecule has 0 saturated carbocycles. The van der Waals surface area contributed by atoms with Crippen LogP contribution in [-0.4, -0.2) is 37.5 Å². The van der Waals surface area contributed by atoms with Gasteiger partial charge in [0.25, 0.3) is 0 Å². The lowest BCUT2D eigenvalue weighted by molar-refractivity contribution is -0.122. The van der Waals surface area contributed by atoms with Crippen molar-refractivity contribution in [3.63, 3.8) is 0 Å². The van der Waals surface area contributed by atoms with E-state index in [9.17, 15) is 4.79 Å². The molecule has 1 aromatic rings. The van der Waals surface area contributed by atoms with Gasteiger partial charge in [0.1, 0.15) is 0 Å².